The third-order valence-corrected chi connectivity index (χ3v) is 3.74. The lowest BCUT2D eigenvalue weighted by molar-refractivity contribution is 0.596. The normalized spacial score (nSPS) is 11.2. The van der Waals surface area contributed by atoms with Gasteiger partial charge in [-0.15, -0.1) is 0 Å². The number of rotatable bonds is 2. The van der Waals surface area contributed by atoms with Crippen molar-refractivity contribution in [2.75, 3.05) is 0 Å². The van der Waals surface area contributed by atoms with Crippen LogP contribution < -0.4 is 0 Å². The van der Waals surface area contributed by atoms with E-state index in [9.17, 15) is 8.42 Å². The number of hydrogen-bond donors (Lipinski definition) is 0. The average Bonchev–Trinajstić information content (AvgIpc) is 2.31. The van der Waals surface area contributed by atoms with Crippen LogP contribution in [0.2, 0.25) is 0 Å². The summed E-state index contributed by atoms with van der Waals surface area (Å²) in [6.07, 6.45) is 2.92. The Bertz CT molecular complexity index is 490. The highest BCUT2D eigenvalue weighted by atomic mass is 32.2. The van der Waals surface area contributed by atoms with E-state index in [1.54, 1.807) is 12.1 Å². The van der Waals surface area contributed by atoms with Gasteiger partial charge in [0.15, 0.2) is 0 Å². The Kier molecular flexibility index (Phi) is 2.51. The molecule has 1 aromatic heterocycles. The summed E-state index contributed by atoms with van der Waals surface area (Å²) >= 11 is 0. The third-order valence-electron chi connectivity index (χ3n) is 1.96. The predicted octanol–water partition coefficient (Wildman–Crippen LogP) is 1.71. The minimum absolute atomic E-state index is 0.253. The zero-order valence-electron chi connectivity index (χ0n) is 7.79. The Morgan fingerprint density at radius 2 is 1.47 bits per heavy atom. The van der Waals surface area contributed by atoms with E-state index in [-0.39, 0.29) is 9.79 Å². The fraction of sp³-hybridized carbons (Fsp3) is 0. The molecule has 15 heavy (non-hydrogen) atoms. The van der Waals surface area contributed by atoms with E-state index in [4.69, 9.17) is 0 Å². The summed E-state index contributed by atoms with van der Waals surface area (Å²) in [4.78, 5) is 4.31. The van der Waals surface area contributed by atoms with Gasteiger partial charge in [0.2, 0.25) is 9.84 Å². The van der Waals surface area contributed by atoms with Gasteiger partial charge in [0.1, 0.15) is 0 Å². The van der Waals surface area contributed by atoms with Crippen molar-refractivity contribution >= 4 is 9.84 Å². The molecule has 1 aromatic carbocycles. The van der Waals surface area contributed by atoms with Gasteiger partial charge in [-0.2, -0.15) is 0 Å². The van der Waals surface area contributed by atoms with Gasteiger partial charge < -0.3 is 0 Å². The van der Waals surface area contributed by atoms with Crippen LogP contribution in [-0.2, 0) is 9.84 Å². The van der Waals surface area contributed by atoms with Crippen molar-refractivity contribution in [3.05, 3.63) is 54.9 Å². The smallest absolute Gasteiger partial charge is 0.206 e. The van der Waals surface area contributed by atoms with Gasteiger partial charge in [0.25, 0.3) is 0 Å². The molecule has 0 N–H and O–H groups in total. The second-order valence-electron chi connectivity index (χ2n) is 2.92. The molecule has 75 valence electrons. The van der Waals surface area contributed by atoms with Crippen molar-refractivity contribution in [2.45, 2.75) is 9.79 Å². The van der Waals surface area contributed by atoms with Gasteiger partial charge in [-0.3, -0.25) is 4.98 Å². The van der Waals surface area contributed by atoms with E-state index in [2.05, 4.69) is 11.1 Å². The van der Waals surface area contributed by atoms with Gasteiger partial charge in [-0.05, 0) is 30.3 Å². The van der Waals surface area contributed by atoms with Crippen LogP contribution in [-0.4, -0.2) is 13.4 Å². The summed E-state index contributed by atoms with van der Waals surface area (Å²) in [5, 5.41) is 0. The summed E-state index contributed by atoms with van der Waals surface area (Å²) in [7, 11) is -3.40. The van der Waals surface area contributed by atoms with Crippen LogP contribution in [0.3, 0.4) is 0 Å². The number of hydrogen-bond acceptors (Lipinski definition) is 3. The molecule has 0 aliphatic carbocycles. The van der Waals surface area contributed by atoms with E-state index < -0.39 is 9.84 Å². The van der Waals surface area contributed by atoms with Crippen molar-refractivity contribution < 1.29 is 8.42 Å². The third kappa shape index (κ3) is 1.89. The van der Waals surface area contributed by atoms with E-state index in [0.29, 0.717) is 0 Å². The zero-order chi connectivity index (χ0) is 10.7. The van der Waals surface area contributed by atoms with Crippen molar-refractivity contribution in [3.8, 4) is 0 Å². The Balaban J connectivity index is 2.55. The van der Waals surface area contributed by atoms with Crippen LogP contribution in [0, 0.1) is 6.07 Å². The number of benzene rings is 1. The molecule has 0 spiro atoms. The average molecular weight is 218 g/mol. The summed E-state index contributed by atoms with van der Waals surface area (Å²) in [6, 6.07) is 11.9. The summed E-state index contributed by atoms with van der Waals surface area (Å²) in [5.74, 6) is 0. The molecule has 0 unspecified atom stereocenters. The first-order valence-corrected chi connectivity index (χ1v) is 5.81. The minimum Gasteiger partial charge on any atom is -0.265 e. The standard InChI is InChI=1S/C11H8NO2S/c13-15(14,10-4-2-1-3-5-10)11-6-8-12-9-7-11/h2-9H. The monoisotopic (exact) mass is 218 g/mol. The highest BCUT2D eigenvalue weighted by molar-refractivity contribution is 7.91. The Morgan fingerprint density at radius 3 is 2.07 bits per heavy atom. The molecule has 1 heterocycles. The lowest BCUT2D eigenvalue weighted by Gasteiger charge is -2.02. The number of sulfone groups is 1. The van der Waals surface area contributed by atoms with Crippen LogP contribution in [0.25, 0.3) is 0 Å². The van der Waals surface area contributed by atoms with Crippen LogP contribution in [0.15, 0.2) is 58.6 Å². The topological polar surface area (TPSA) is 47.0 Å². The molecule has 2 aromatic rings. The van der Waals surface area contributed by atoms with E-state index in [1.165, 1.54) is 36.7 Å². The van der Waals surface area contributed by atoms with Gasteiger partial charge in [0, 0.05) is 12.4 Å². The number of aromatic nitrogens is 1. The molecule has 2 rings (SSSR count). The summed E-state index contributed by atoms with van der Waals surface area (Å²) in [6.45, 7) is 0. The quantitative estimate of drug-likeness (QED) is 0.771. The van der Waals surface area contributed by atoms with E-state index in [1.807, 2.05) is 0 Å². The van der Waals surface area contributed by atoms with E-state index in [0.717, 1.165) is 0 Å². The predicted molar refractivity (Wildman–Crippen MR) is 55.0 cm³/mol. The van der Waals surface area contributed by atoms with Crippen LogP contribution in [0.5, 0.6) is 0 Å². The van der Waals surface area contributed by atoms with Crippen LogP contribution in [0.4, 0.5) is 0 Å². The highest BCUT2D eigenvalue weighted by Crippen LogP contribution is 2.18. The van der Waals surface area contributed by atoms with E-state index >= 15 is 0 Å². The molecule has 0 atom stereocenters. The van der Waals surface area contributed by atoms with Gasteiger partial charge in [0.05, 0.1) is 9.79 Å². The second-order valence-corrected chi connectivity index (χ2v) is 4.87. The first-order valence-electron chi connectivity index (χ1n) is 4.32. The lowest BCUT2D eigenvalue weighted by Crippen LogP contribution is -2.01. The molecule has 0 aliphatic heterocycles. The fourth-order valence-corrected chi connectivity index (χ4v) is 2.45. The van der Waals surface area contributed by atoms with Crippen molar-refractivity contribution in [3.63, 3.8) is 0 Å². The molecule has 0 bridgehead atoms. The number of pyridine rings is 1. The molecular weight excluding hydrogens is 210 g/mol. The minimum atomic E-state index is -3.40. The Labute approximate surface area is 88.3 Å². The molecular formula is C11H8NO2S. The molecule has 0 aliphatic rings. The molecule has 0 amide bonds. The summed E-state index contributed by atoms with van der Waals surface area (Å²) < 4.78 is 24.0. The van der Waals surface area contributed by atoms with Crippen molar-refractivity contribution in [2.24, 2.45) is 0 Å². The lowest BCUT2D eigenvalue weighted by atomic mass is 10.4. The fourth-order valence-electron chi connectivity index (χ4n) is 1.20. The molecule has 0 saturated carbocycles. The summed E-state index contributed by atoms with van der Waals surface area (Å²) in [5.41, 5.74) is 0. The van der Waals surface area contributed by atoms with Gasteiger partial charge in [-0.25, -0.2) is 8.42 Å². The maximum atomic E-state index is 12.0. The Morgan fingerprint density at radius 1 is 0.933 bits per heavy atom. The molecule has 3 nitrogen and oxygen atoms in total. The van der Waals surface area contributed by atoms with Gasteiger partial charge in [-0.1, -0.05) is 12.1 Å². The maximum Gasteiger partial charge on any atom is 0.206 e. The Hall–Kier alpha value is -1.68. The van der Waals surface area contributed by atoms with Crippen LogP contribution >= 0.6 is 0 Å². The maximum absolute atomic E-state index is 12.0. The first-order chi connectivity index (χ1) is 7.21. The van der Waals surface area contributed by atoms with Gasteiger partial charge >= 0.3 is 0 Å². The molecule has 4 heteroatoms. The second kappa shape index (κ2) is 3.82. The molecule has 0 saturated heterocycles. The SMILES string of the molecule is O=S(=O)(c1cc[c]cc1)c1ccncc1. The zero-order valence-corrected chi connectivity index (χ0v) is 8.61. The molecule has 0 fully saturated rings. The van der Waals surface area contributed by atoms with Crippen LogP contribution in [0.1, 0.15) is 0 Å². The largest absolute Gasteiger partial charge is 0.265 e. The van der Waals surface area contributed by atoms with Crippen molar-refractivity contribution in [1.82, 2.24) is 4.98 Å². The number of nitrogens with zero attached hydrogens (tertiary/aromatic N) is 1. The van der Waals surface area contributed by atoms with Crippen molar-refractivity contribution in [1.29, 1.82) is 0 Å². The molecule has 1 radical (unpaired) electrons. The first kappa shape index (κ1) is 9.86. The highest BCUT2D eigenvalue weighted by Gasteiger charge is 2.15.